The van der Waals surface area contributed by atoms with E-state index < -0.39 is 0 Å². The highest BCUT2D eigenvalue weighted by Gasteiger charge is 2.19. The van der Waals surface area contributed by atoms with E-state index in [2.05, 4.69) is 44.3 Å². The van der Waals surface area contributed by atoms with Crippen molar-refractivity contribution in [1.29, 1.82) is 0 Å². The van der Waals surface area contributed by atoms with Gasteiger partial charge in [0.05, 0.1) is 6.04 Å². The predicted molar refractivity (Wildman–Crippen MR) is 87.5 cm³/mol. The summed E-state index contributed by atoms with van der Waals surface area (Å²) in [6.07, 6.45) is 0.997. The van der Waals surface area contributed by atoms with Crippen LogP contribution in [0, 0.1) is 19.7 Å². The molecule has 2 aromatic rings. The summed E-state index contributed by atoms with van der Waals surface area (Å²) < 4.78 is 14.3. The van der Waals surface area contributed by atoms with Crippen molar-refractivity contribution < 1.29 is 4.39 Å². The van der Waals surface area contributed by atoms with Gasteiger partial charge in [0.1, 0.15) is 5.82 Å². The van der Waals surface area contributed by atoms with Crippen LogP contribution in [0.25, 0.3) is 0 Å². The molecule has 0 heterocycles. The summed E-state index contributed by atoms with van der Waals surface area (Å²) in [4.78, 5) is 0. The van der Waals surface area contributed by atoms with Crippen LogP contribution in [0.5, 0.6) is 0 Å². The fourth-order valence-electron chi connectivity index (χ4n) is 2.56. The van der Waals surface area contributed by atoms with Crippen LogP contribution in [0.15, 0.2) is 36.4 Å². The van der Waals surface area contributed by atoms with Crippen molar-refractivity contribution in [3.05, 3.63) is 69.5 Å². The zero-order valence-electron chi connectivity index (χ0n) is 12.7. The molecule has 0 fully saturated rings. The first-order chi connectivity index (χ1) is 10.0. The van der Waals surface area contributed by atoms with Crippen LogP contribution in [0.4, 0.5) is 4.39 Å². The van der Waals surface area contributed by atoms with Gasteiger partial charge in [0, 0.05) is 10.6 Å². The van der Waals surface area contributed by atoms with Gasteiger partial charge in [-0.2, -0.15) is 0 Å². The summed E-state index contributed by atoms with van der Waals surface area (Å²) >= 11 is 5.86. The van der Waals surface area contributed by atoms with E-state index in [1.165, 1.54) is 11.6 Å². The van der Waals surface area contributed by atoms with Gasteiger partial charge in [-0.3, -0.25) is 0 Å². The van der Waals surface area contributed by atoms with Crippen molar-refractivity contribution >= 4 is 11.6 Å². The van der Waals surface area contributed by atoms with E-state index >= 15 is 0 Å². The molecule has 0 amide bonds. The molecule has 3 heteroatoms. The van der Waals surface area contributed by atoms with Crippen molar-refractivity contribution in [3.8, 4) is 0 Å². The highest BCUT2D eigenvalue weighted by Crippen LogP contribution is 2.29. The van der Waals surface area contributed by atoms with Crippen LogP contribution in [0.2, 0.25) is 5.02 Å². The van der Waals surface area contributed by atoms with Gasteiger partial charge >= 0.3 is 0 Å². The SMILES string of the molecule is CCCNC(c1ccc(C)cc1C)c1ccc(Cl)cc1F. The maximum absolute atomic E-state index is 14.3. The van der Waals surface area contributed by atoms with Crippen LogP contribution in [0.3, 0.4) is 0 Å². The first-order valence-corrected chi connectivity index (χ1v) is 7.66. The molecular formula is C18H21ClFN. The van der Waals surface area contributed by atoms with Crippen molar-refractivity contribution in [2.24, 2.45) is 0 Å². The first-order valence-electron chi connectivity index (χ1n) is 7.28. The Hall–Kier alpha value is -1.38. The molecule has 0 radical (unpaired) electrons. The lowest BCUT2D eigenvalue weighted by Crippen LogP contribution is -2.25. The van der Waals surface area contributed by atoms with E-state index in [4.69, 9.17) is 11.6 Å². The van der Waals surface area contributed by atoms with Crippen LogP contribution >= 0.6 is 11.6 Å². The number of nitrogens with one attached hydrogen (secondary N) is 1. The molecule has 0 saturated carbocycles. The maximum atomic E-state index is 14.3. The smallest absolute Gasteiger partial charge is 0.129 e. The third-order valence-corrected chi connectivity index (χ3v) is 3.84. The molecule has 0 bridgehead atoms. The summed E-state index contributed by atoms with van der Waals surface area (Å²) in [5, 5.41) is 3.86. The second kappa shape index (κ2) is 7.06. The quantitative estimate of drug-likeness (QED) is 0.802. The Morgan fingerprint density at radius 3 is 2.43 bits per heavy atom. The number of halogens is 2. The van der Waals surface area contributed by atoms with Gasteiger partial charge < -0.3 is 5.32 Å². The second-order valence-corrected chi connectivity index (χ2v) is 5.85. The van der Waals surface area contributed by atoms with E-state index in [-0.39, 0.29) is 11.9 Å². The lowest BCUT2D eigenvalue weighted by molar-refractivity contribution is 0.545. The third-order valence-electron chi connectivity index (χ3n) is 3.61. The Morgan fingerprint density at radius 1 is 1.10 bits per heavy atom. The molecular weight excluding hydrogens is 285 g/mol. The molecule has 0 spiro atoms. The first kappa shape index (κ1) is 16.0. The maximum Gasteiger partial charge on any atom is 0.129 e. The van der Waals surface area contributed by atoms with Gasteiger partial charge in [-0.1, -0.05) is 48.4 Å². The van der Waals surface area contributed by atoms with E-state index in [0.717, 1.165) is 24.1 Å². The Balaban J connectivity index is 2.46. The second-order valence-electron chi connectivity index (χ2n) is 5.41. The van der Waals surface area contributed by atoms with Crippen molar-refractivity contribution in [2.45, 2.75) is 33.2 Å². The molecule has 2 rings (SSSR count). The highest BCUT2D eigenvalue weighted by molar-refractivity contribution is 6.30. The molecule has 0 aliphatic heterocycles. The highest BCUT2D eigenvalue weighted by atomic mass is 35.5. The minimum Gasteiger partial charge on any atom is -0.306 e. The van der Waals surface area contributed by atoms with Gasteiger partial charge in [-0.15, -0.1) is 0 Å². The van der Waals surface area contributed by atoms with Crippen molar-refractivity contribution in [1.82, 2.24) is 5.32 Å². The van der Waals surface area contributed by atoms with Gasteiger partial charge in [0.25, 0.3) is 0 Å². The summed E-state index contributed by atoms with van der Waals surface area (Å²) in [5.41, 5.74) is 4.12. The Bertz CT molecular complexity index is 573. The van der Waals surface area contributed by atoms with Gasteiger partial charge in [0.15, 0.2) is 0 Å². The average Bonchev–Trinajstić information content (AvgIpc) is 2.42. The van der Waals surface area contributed by atoms with Crippen LogP contribution in [-0.2, 0) is 0 Å². The van der Waals surface area contributed by atoms with Gasteiger partial charge in [0.2, 0.25) is 0 Å². The van der Waals surface area contributed by atoms with Crippen LogP contribution in [0.1, 0.15) is 41.6 Å². The molecule has 112 valence electrons. The predicted octanol–water partition coefficient (Wildman–Crippen LogP) is 5.18. The molecule has 0 aliphatic carbocycles. The fraction of sp³-hybridized carbons (Fsp3) is 0.333. The summed E-state index contributed by atoms with van der Waals surface area (Å²) in [6, 6.07) is 11.0. The lowest BCUT2D eigenvalue weighted by atomic mass is 9.93. The zero-order valence-corrected chi connectivity index (χ0v) is 13.5. The number of hydrogen-bond donors (Lipinski definition) is 1. The topological polar surface area (TPSA) is 12.0 Å². The summed E-state index contributed by atoms with van der Waals surface area (Å²) in [5.74, 6) is -0.268. The van der Waals surface area contributed by atoms with Crippen molar-refractivity contribution in [3.63, 3.8) is 0 Å². The molecule has 0 aliphatic rings. The molecule has 1 nitrogen and oxygen atoms in total. The molecule has 1 N–H and O–H groups in total. The largest absolute Gasteiger partial charge is 0.306 e. The minimum absolute atomic E-state index is 0.150. The van der Waals surface area contributed by atoms with E-state index in [1.807, 2.05) is 0 Å². The average molecular weight is 306 g/mol. The zero-order chi connectivity index (χ0) is 15.4. The third kappa shape index (κ3) is 3.84. The summed E-state index contributed by atoms with van der Waals surface area (Å²) in [6.45, 7) is 7.06. The molecule has 0 aromatic heterocycles. The molecule has 2 aromatic carbocycles. The van der Waals surface area contributed by atoms with Crippen LogP contribution < -0.4 is 5.32 Å². The molecule has 1 atom stereocenters. The molecule has 0 saturated heterocycles. The Labute approximate surface area is 131 Å². The van der Waals surface area contributed by atoms with E-state index in [1.54, 1.807) is 12.1 Å². The molecule has 1 unspecified atom stereocenters. The monoisotopic (exact) mass is 305 g/mol. The van der Waals surface area contributed by atoms with Crippen molar-refractivity contribution in [2.75, 3.05) is 6.54 Å². The van der Waals surface area contributed by atoms with Gasteiger partial charge in [-0.25, -0.2) is 4.39 Å². The molecule has 21 heavy (non-hydrogen) atoms. The van der Waals surface area contributed by atoms with E-state index in [9.17, 15) is 4.39 Å². The summed E-state index contributed by atoms with van der Waals surface area (Å²) in [7, 11) is 0. The fourth-order valence-corrected chi connectivity index (χ4v) is 2.72. The Kier molecular flexibility index (Phi) is 5.38. The normalized spacial score (nSPS) is 12.4. The minimum atomic E-state index is -0.268. The number of benzene rings is 2. The standard InChI is InChI=1S/C18H21ClFN/c1-4-9-21-18(15-7-5-12(2)10-13(15)3)16-8-6-14(19)11-17(16)20/h5-8,10-11,18,21H,4,9H2,1-3H3. The van der Waals surface area contributed by atoms with Gasteiger partial charge in [-0.05, 0) is 50.1 Å². The number of hydrogen-bond acceptors (Lipinski definition) is 1. The van der Waals surface area contributed by atoms with Crippen LogP contribution in [-0.4, -0.2) is 6.54 Å². The number of rotatable bonds is 5. The van der Waals surface area contributed by atoms with E-state index in [0.29, 0.717) is 10.6 Å². The Morgan fingerprint density at radius 2 is 1.81 bits per heavy atom. The number of aryl methyl sites for hydroxylation is 2. The lowest BCUT2D eigenvalue weighted by Gasteiger charge is -2.22.